The fourth-order valence-electron chi connectivity index (χ4n) is 3.56. The molecule has 1 rings (SSSR count). The van der Waals surface area contributed by atoms with Crippen molar-refractivity contribution in [1.82, 2.24) is 0 Å². The van der Waals surface area contributed by atoms with Crippen molar-refractivity contribution in [3.05, 3.63) is 0 Å². The van der Waals surface area contributed by atoms with E-state index < -0.39 is 0 Å². The highest BCUT2D eigenvalue weighted by Crippen LogP contribution is 2.65. The minimum absolute atomic E-state index is 0.455. The Kier molecular flexibility index (Phi) is 2.80. The van der Waals surface area contributed by atoms with Crippen molar-refractivity contribution in [2.45, 2.75) is 67.7 Å². The molecule has 1 saturated carbocycles. The summed E-state index contributed by atoms with van der Waals surface area (Å²) in [6.07, 6.45) is 4.25. The smallest absolute Gasteiger partial charge is 0.0195 e. The molecule has 0 N–H and O–H groups in total. The first-order chi connectivity index (χ1) is 6.14. The van der Waals surface area contributed by atoms with Gasteiger partial charge in [-0.1, -0.05) is 54.9 Å². The molecule has 0 heterocycles. The maximum Gasteiger partial charge on any atom is -0.0195 e. The van der Waals surface area contributed by atoms with Crippen molar-refractivity contribution in [1.29, 1.82) is 0 Å². The second-order valence-electron chi connectivity index (χ2n) is 7.26. The van der Waals surface area contributed by atoms with E-state index in [1.165, 1.54) is 19.3 Å². The average Bonchev–Trinajstić information content (AvgIpc) is 1.77. The molecule has 0 unspecified atom stereocenters. The molecule has 0 aliphatic heterocycles. The Morgan fingerprint density at radius 1 is 0.929 bits per heavy atom. The zero-order chi connectivity index (χ0) is 11.2. The molecular weight excluding hydrogens is 168 g/mol. The van der Waals surface area contributed by atoms with Crippen molar-refractivity contribution in [3.63, 3.8) is 0 Å². The molecular formula is C14H28. The van der Waals surface area contributed by atoms with Gasteiger partial charge < -0.3 is 0 Å². The van der Waals surface area contributed by atoms with Gasteiger partial charge in [0.25, 0.3) is 0 Å². The minimum Gasteiger partial charge on any atom is -0.0651 e. The van der Waals surface area contributed by atoms with Gasteiger partial charge in [-0.05, 0) is 35.0 Å². The molecule has 1 fully saturated rings. The molecule has 0 spiro atoms. The average molecular weight is 196 g/mol. The van der Waals surface area contributed by atoms with Gasteiger partial charge in [-0.2, -0.15) is 0 Å². The monoisotopic (exact) mass is 196 g/mol. The molecule has 0 aromatic carbocycles. The van der Waals surface area contributed by atoms with Crippen LogP contribution < -0.4 is 0 Å². The van der Waals surface area contributed by atoms with E-state index >= 15 is 0 Å². The first kappa shape index (κ1) is 12.1. The van der Waals surface area contributed by atoms with E-state index in [-0.39, 0.29) is 0 Å². The van der Waals surface area contributed by atoms with E-state index in [1.54, 1.807) is 0 Å². The van der Waals surface area contributed by atoms with Gasteiger partial charge >= 0.3 is 0 Å². The third-order valence-electron chi connectivity index (χ3n) is 4.72. The van der Waals surface area contributed by atoms with Crippen LogP contribution >= 0.6 is 0 Å². The second-order valence-corrected chi connectivity index (χ2v) is 7.26. The van der Waals surface area contributed by atoms with Gasteiger partial charge in [0.2, 0.25) is 0 Å². The van der Waals surface area contributed by atoms with Crippen LogP contribution in [0.15, 0.2) is 0 Å². The van der Waals surface area contributed by atoms with E-state index in [0.717, 1.165) is 5.92 Å². The van der Waals surface area contributed by atoms with Crippen LogP contribution in [0.1, 0.15) is 67.7 Å². The summed E-state index contributed by atoms with van der Waals surface area (Å²) in [6.45, 7) is 16.9. The van der Waals surface area contributed by atoms with Crippen molar-refractivity contribution >= 4 is 0 Å². The minimum atomic E-state index is 0.455. The maximum absolute atomic E-state index is 2.42. The Morgan fingerprint density at radius 3 is 1.50 bits per heavy atom. The Balaban J connectivity index is 2.87. The van der Waals surface area contributed by atoms with E-state index in [4.69, 9.17) is 0 Å². The highest BCUT2D eigenvalue weighted by Gasteiger charge is 2.57. The van der Waals surface area contributed by atoms with E-state index in [9.17, 15) is 0 Å². The van der Waals surface area contributed by atoms with Gasteiger partial charge in [0.1, 0.15) is 0 Å². The summed E-state index contributed by atoms with van der Waals surface area (Å²) >= 11 is 0. The van der Waals surface area contributed by atoms with Crippen molar-refractivity contribution in [3.8, 4) is 0 Å². The maximum atomic E-state index is 2.42. The summed E-state index contributed by atoms with van der Waals surface area (Å²) in [5, 5.41) is 0. The second kappa shape index (κ2) is 3.25. The van der Waals surface area contributed by atoms with Crippen molar-refractivity contribution < 1.29 is 0 Å². The molecule has 0 nitrogen and oxygen atoms in total. The van der Waals surface area contributed by atoms with E-state index in [0.29, 0.717) is 16.2 Å². The molecule has 1 aliphatic carbocycles. The summed E-state index contributed by atoms with van der Waals surface area (Å²) in [4.78, 5) is 0. The standard InChI is InChI=1S/C14H28/c1-8-11-9-14(10-11,12(2,3)4)13(5,6)7/h11H,8-10H2,1-7H3. The van der Waals surface area contributed by atoms with Crippen LogP contribution in [0.4, 0.5) is 0 Å². The summed E-state index contributed by atoms with van der Waals surface area (Å²) in [5.41, 5.74) is 1.48. The molecule has 1 aliphatic rings. The SMILES string of the molecule is CCC1CC(C(C)(C)C)(C(C)(C)C)C1. The van der Waals surface area contributed by atoms with Gasteiger partial charge in [-0.15, -0.1) is 0 Å². The predicted octanol–water partition coefficient (Wildman–Crippen LogP) is 4.89. The van der Waals surface area contributed by atoms with Crippen molar-refractivity contribution in [2.24, 2.45) is 22.2 Å². The van der Waals surface area contributed by atoms with Crippen LogP contribution in [0.3, 0.4) is 0 Å². The Hall–Kier alpha value is 0. The number of rotatable bonds is 1. The van der Waals surface area contributed by atoms with Gasteiger partial charge in [-0.3, -0.25) is 0 Å². The fraction of sp³-hybridized carbons (Fsp3) is 1.00. The summed E-state index contributed by atoms with van der Waals surface area (Å²) in [7, 11) is 0. The molecule has 0 saturated heterocycles. The number of hydrogen-bond acceptors (Lipinski definition) is 0. The summed E-state index contributed by atoms with van der Waals surface area (Å²) in [6, 6.07) is 0. The lowest BCUT2D eigenvalue weighted by Gasteiger charge is -2.63. The lowest BCUT2D eigenvalue weighted by Crippen LogP contribution is -2.54. The topological polar surface area (TPSA) is 0 Å². The van der Waals surface area contributed by atoms with Crippen LogP contribution in [0.25, 0.3) is 0 Å². The Morgan fingerprint density at radius 2 is 1.29 bits per heavy atom. The van der Waals surface area contributed by atoms with Gasteiger partial charge in [0.15, 0.2) is 0 Å². The van der Waals surface area contributed by atoms with E-state index in [2.05, 4.69) is 48.5 Å². The number of hydrogen-bond donors (Lipinski definition) is 0. The van der Waals surface area contributed by atoms with E-state index in [1.807, 2.05) is 0 Å². The summed E-state index contributed by atoms with van der Waals surface area (Å²) in [5.74, 6) is 0.994. The van der Waals surface area contributed by atoms with Crippen LogP contribution in [0.2, 0.25) is 0 Å². The molecule has 0 aromatic heterocycles. The molecule has 0 bridgehead atoms. The molecule has 0 amide bonds. The lowest BCUT2D eigenvalue weighted by atomic mass is 9.42. The Bertz CT molecular complexity index is 177. The molecule has 14 heavy (non-hydrogen) atoms. The zero-order valence-electron chi connectivity index (χ0n) is 11.2. The van der Waals surface area contributed by atoms with Crippen molar-refractivity contribution in [2.75, 3.05) is 0 Å². The normalized spacial score (nSPS) is 23.4. The molecule has 84 valence electrons. The first-order valence-electron chi connectivity index (χ1n) is 6.14. The van der Waals surface area contributed by atoms with Crippen LogP contribution in [-0.4, -0.2) is 0 Å². The van der Waals surface area contributed by atoms with Gasteiger partial charge in [0, 0.05) is 0 Å². The molecule has 0 aromatic rings. The third kappa shape index (κ3) is 1.61. The highest BCUT2D eigenvalue weighted by molar-refractivity contribution is 5.06. The predicted molar refractivity (Wildman–Crippen MR) is 64.4 cm³/mol. The molecule has 0 atom stereocenters. The van der Waals surface area contributed by atoms with Gasteiger partial charge in [-0.25, -0.2) is 0 Å². The van der Waals surface area contributed by atoms with Crippen LogP contribution in [0, 0.1) is 22.2 Å². The summed E-state index contributed by atoms with van der Waals surface area (Å²) < 4.78 is 0. The van der Waals surface area contributed by atoms with Gasteiger partial charge in [0.05, 0.1) is 0 Å². The largest absolute Gasteiger partial charge is 0.0651 e. The highest BCUT2D eigenvalue weighted by atomic mass is 14.6. The van der Waals surface area contributed by atoms with Crippen LogP contribution in [0.5, 0.6) is 0 Å². The van der Waals surface area contributed by atoms with Crippen LogP contribution in [-0.2, 0) is 0 Å². The lowest BCUT2D eigenvalue weighted by molar-refractivity contribution is -0.136. The first-order valence-corrected chi connectivity index (χ1v) is 6.14. The quantitative estimate of drug-likeness (QED) is 0.560. The Labute approximate surface area is 90.5 Å². The molecule has 0 radical (unpaired) electrons. The molecule has 0 heteroatoms. The fourth-order valence-corrected chi connectivity index (χ4v) is 3.56. The zero-order valence-corrected chi connectivity index (χ0v) is 11.2. The third-order valence-corrected chi connectivity index (χ3v) is 4.72.